The first-order chi connectivity index (χ1) is 13.7. The van der Waals surface area contributed by atoms with Crippen LogP contribution in [0.4, 0.5) is 17.1 Å². The molecule has 0 bridgehead atoms. The van der Waals surface area contributed by atoms with Crippen LogP contribution in [0.3, 0.4) is 0 Å². The summed E-state index contributed by atoms with van der Waals surface area (Å²) in [6.07, 6.45) is 0. The van der Waals surface area contributed by atoms with Crippen LogP contribution in [0, 0.1) is 0 Å². The number of nitrogens with two attached hydrogens (primary N) is 1. The first-order valence-corrected chi connectivity index (χ1v) is 9.60. The van der Waals surface area contributed by atoms with Gasteiger partial charge in [0.25, 0.3) is 0 Å². The fourth-order valence-corrected chi connectivity index (χ4v) is 2.64. The Balaban J connectivity index is 0.000000921. The Morgan fingerprint density at radius 3 is 2.21 bits per heavy atom. The average molecular weight is 404 g/mol. The molecule has 0 atom stereocenters. The summed E-state index contributed by atoms with van der Waals surface area (Å²) in [4.78, 5) is 0.496. The van der Waals surface area contributed by atoms with Crippen LogP contribution < -0.4 is 5.73 Å². The van der Waals surface area contributed by atoms with E-state index in [1.165, 1.54) is 6.07 Å². The zero-order valence-corrected chi connectivity index (χ0v) is 17.1. The van der Waals surface area contributed by atoms with Gasteiger partial charge in [-0.25, -0.2) is 5.26 Å². The molecule has 150 valence electrons. The van der Waals surface area contributed by atoms with Crippen LogP contribution in [0.2, 0.25) is 0 Å². The SMILES string of the molecule is CC.CC.Nc1ccc2c(O)cc(SOOO)cc2c1N=Nc1ccccc1. The molecule has 7 nitrogen and oxygen atoms in total. The Kier molecular flexibility index (Phi) is 10.6. The third-order valence-electron chi connectivity index (χ3n) is 3.27. The van der Waals surface area contributed by atoms with Gasteiger partial charge >= 0.3 is 0 Å². The van der Waals surface area contributed by atoms with Crippen LogP contribution in [0.15, 0.2) is 69.7 Å². The number of hydrogen-bond donors (Lipinski definition) is 3. The van der Waals surface area contributed by atoms with Gasteiger partial charge in [-0.05, 0) is 36.4 Å². The molecular weight excluding hydrogens is 378 g/mol. The standard InChI is InChI=1S/C16H13N3O4S.2C2H6/c17-14-7-6-12-13(8-11(9-15(12)20)24-23-22-21)16(14)19-18-10-4-2-1-3-5-10;2*1-2/h1-9,20-21H,17H2;2*1-2H3. The highest BCUT2D eigenvalue weighted by Crippen LogP contribution is 2.40. The number of azo groups is 1. The fraction of sp³-hybridized carbons (Fsp3) is 0.200. The normalized spacial score (nSPS) is 10.2. The van der Waals surface area contributed by atoms with Gasteiger partial charge in [-0.1, -0.05) is 50.9 Å². The predicted octanol–water partition coefficient (Wildman–Crippen LogP) is 7.02. The molecule has 0 spiro atoms. The number of rotatable bonds is 5. The topological polar surface area (TPSA) is 110 Å². The van der Waals surface area contributed by atoms with E-state index in [-0.39, 0.29) is 5.75 Å². The van der Waals surface area contributed by atoms with Crippen LogP contribution >= 0.6 is 12.0 Å². The first kappa shape index (κ1) is 23.4. The number of nitrogens with zero attached hydrogens (tertiary/aromatic N) is 2. The lowest BCUT2D eigenvalue weighted by atomic mass is 10.1. The minimum Gasteiger partial charge on any atom is -0.507 e. The molecule has 0 unspecified atom stereocenters. The lowest BCUT2D eigenvalue weighted by Gasteiger charge is -2.08. The van der Waals surface area contributed by atoms with Crippen molar-refractivity contribution in [2.24, 2.45) is 10.2 Å². The Hall–Kier alpha value is -2.65. The second-order valence-corrected chi connectivity index (χ2v) is 5.58. The van der Waals surface area contributed by atoms with Gasteiger partial charge < -0.3 is 10.8 Å². The Bertz CT molecular complexity index is 890. The predicted molar refractivity (Wildman–Crippen MR) is 114 cm³/mol. The van der Waals surface area contributed by atoms with Gasteiger partial charge in [-0.15, -0.1) is 9.45 Å². The van der Waals surface area contributed by atoms with Crippen molar-refractivity contribution in [3.8, 4) is 5.75 Å². The number of nitrogen functional groups attached to an aromatic ring is 1. The number of hydrogen-bond acceptors (Lipinski definition) is 8. The number of aromatic hydroxyl groups is 1. The maximum atomic E-state index is 10.2. The number of phenols is 1. The number of fused-ring (bicyclic) bond motifs is 1. The van der Waals surface area contributed by atoms with Gasteiger partial charge in [-0.2, -0.15) is 5.11 Å². The van der Waals surface area contributed by atoms with E-state index in [9.17, 15) is 5.11 Å². The van der Waals surface area contributed by atoms with Gasteiger partial charge in [0.1, 0.15) is 11.4 Å². The van der Waals surface area contributed by atoms with Crippen molar-refractivity contribution >= 4 is 39.9 Å². The Morgan fingerprint density at radius 2 is 1.57 bits per heavy atom. The summed E-state index contributed by atoms with van der Waals surface area (Å²) < 4.78 is 4.40. The third kappa shape index (κ3) is 6.21. The number of phenolic OH excluding ortho intramolecular Hbond substituents is 1. The molecule has 0 heterocycles. The summed E-state index contributed by atoms with van der Waals surface area (Å²) in [5.74, 6) is 0.0210. The van der Waals surface area contributed by atoms with Crippen molar-refractivity contribution in [1.82, 2.24) is 0 Å². The summed E-state index contributed by atoms with van der Waals surface area (Å²) in [6, 6.07) is 15.7. The van der Waals surface area contributed by atoms with Crippen LogP contribution in [-0.2, 0) is 9.37 Å². The molecule has 0 saturated carbocycles. The number of anilines is 1. The second kappa shape index (κ2) is 12.7. The van der Waals surface area contributed by atoms with Gasteiger partial charge in [-0.3, -0.25) is 0 Å². The van der Waals surface area contributed by atoms with Crippen molar-refractivity contribution < 1.29 is 19.7 Å². The number of benzene rings is 3. The van der Waals surface area contributed by atoms with E-state index in [4.69, 9.17) is 11.0 Å². The Morgan fingerprint density at radius 1 is 0.893 bits per heavy atom. The first-order valence-electron chi connectivity index (χ1n) is 8.86. The fourth-order valence-electron chi connectivity index (χ4n) is 2.21. The van der Waals surface area contributed by atoms with E-state index in [2.05, 4.69) is 19.6 Å². The molecule has 0 saturated heterocycles. The second-order valence-electron chi connectivity index (χ2n) is 4.80. The molecule has 0 fully saturated rings. The van der Waals surface area contributed by atoms with Crippen molar-refractivity contribution in [3.63, 3.8) is 0 Å². The molecular formula is C20H25N3O4S. The monoisotopic (exact) mass is 403 g/mol. The minimum atomic E-state index is 0.0210. The van der Waals surface area contributed by atoms with Gasteiger partial charge in [0.15, 0.2) is 0 Å². The van der Waals surface area contributed by atoms with Crippen LogP contribution in [0.5, 0.6) is 5.75 Å². The molecule has 0 aromatic heterocycles. The van der Waals surface area contributed by atoms with Crippen LogP contribution in [0.25, 0.3) is 10.8 Å². The zero-order chi connectivity index (χ0) is 20.9. The molecule has 3 rings (SSSR count). The highest BCUT2D eigenvalue weighted by atomic mass is 32.2. The van der Waals surface area contributed by atoms with Gasteiger partial charge in [0.05, 0.1) is 23.4 Å². The lowest BCUT2D eigenvalue weighted by Crippen LogP contribution is -1.88. The van der Waals surface area contributed by atoms with Crippen LogP contribution in [0.1, 0.15) is 27.7 Å². The smallest absolute Gasteiger partial charge is 0.124 e. The molecule has 28 heavy (non-hydrogen) atoms. The highest BCUT2D eigenvalue weighted by Gasteiger charge is 2.11. The summed E-state index contributed by atoms with van der Waals surface area (Å²) in [7, 11) is 0. The average Bonchev–Trinajstić information content (AvgIpc) is 2.75. The van der Waals surface area contributed by atoms with Gasteiger partial charge in [0, 0.05) is 15.7 Å². The van der Waals surface area contributed by atoms with Crippen molar-refractivity contribution in [2.45, 2.75) is 32.6 Å². The van der Waals surface area contributed by atoms with Crippen molar-refractivity contribution in [1.29, 1.82) is 0 Å². The summed E-state index contributed by atoms with van der Waals surface area (Å²) in [5, 5.41) is 31.6. The molecule has 0 aliphatic heterocycles. The molecule has 0 radical (unpaired) electrons. The highest BCUT2D eigenvalue weighted by molar-refractivity contribution is 7.94. The van der Waals surface area contributed by atoms with Crippen molar-refractivity contribution in [3.05, 3.63) is 54.6 Å². The van der Waals surface area contributed by atoms with E-state index in [0.29, 0.717) is 32.7 Å². The lowest BCUT2D eigenvalue weighted by molar-refractivity contribution is -0.432. The maximum absolute atomic E-state index is 10.2. The van der Waals surface area contributed by atoms with E-state index < -0.39 is 0 Å². The van der Waals surface area contributed by atoms with E-state index in [1.54, 1.807) is 18.2 Å². The molecule has 0 amide bonds. The molecule has 3 aromatic rings. The summed E-state index contributed by atoms with van der Waals surface area (Å²) >= 11 is 0.733. The zero-order valence-electron chi connectivity index (χ0n) is 16.3. The van der Waals surface area contributed by atoms with E-state index in [1.807, 2.05) is 58.0 Å². The maximum Gasteiger partial charge on any atom is 0.124 e. The third-order valence-corrected chi connectivity index (χ3v) is 3.83. The van der Waals surface area contributed by atoms with E-state index in [0.717, 1.165) is 12.0 Å². The molecule has 8 heteroatoms. The largest absolute Gasteiger partial charge is 0.507 e. The molecule has 3 aromatic carbocycles. The van der Waals surface area contributed by atoms with Gasteiger partial charge in [0.2, 0.25) is 0 Å². The minimum absolute atomic E-state index is 0.0210. The molecule has 0 aliphatic rings. The molecule has 0 aliphatic carbocycles. The quantitative estimate of drug-likeness (QED) is 0.139. The molecule has 4 N–H and O–H groups in total. The van der Waals surface area contributed by atoms with E-state index >= 15 is 0 Å². The van der Waals surface area contributed by atoms with Crippen molar-refractivity contribution in [2.75, 3.05) is 5.73 Å². The summed E-state index contributed by atoms with van der Waals surface area (Å²) in [6.45, 7) is 8.00. The summed E-state index contributed by atoms with van der Waals surface area (Å²) in [5.41, 5.74) is 7.54. The van der Waals surface area contributed by atoms with Crippen LogP contribution in [-0.4, -0.2) is 10.4 Å². The Labute approximate surface area is 168 Å².